The molecule has 5 aromatic heterocycles. The van der Waals surface area contributed by atoms with Gasteiger partial charge in [0.1, 0.15) is 28.8 Å². The van der Waals surface area contributed by atoms with Crippen molar-refractivity contribution in [3.63, 3.8) is 0 Å². The Bertz CT molecular complexity index is 2730. The first-order chi connectivity index (χ1) is 31.6. The fourth-order valence-corrected chi connectivity index (χ4v) is 10.3. The highest BCUT2D eigenvalue weighted by molar-refractivity contribution is 6.07. The molecule has 9 rings (SSSR count). The van der Waals surface area contributed by atoms with E-state index in [0.717, 1.165) is 83.3 Å². The van der Waals surface area contributed by atoms with Crippen LogP contribution in [0.2, 0.25) is 0 Å². The molecule has 66 heavy (non-hydrogen) atoms. The number of alkyl halides is 3. The Morgan fingerprint density at radius 2 is 1.61 bits per heavy atom. The van der Waals surface area contributed by atoms with Crippen molar-refractivity contribution in [1.82, 2.24) is 44.5 Å². The molecule has 0 aromatic carbocycles. The number of piperazine rings is 1. The van der Waals surface area contributed by atoms with E-state index in [-0.39, 0.29) is 57.7 Å². The Kier molecular flexibility index (Phi) is 11.9. The van der Waals surface area contributed by atoms with Gasteiger partial charge in [-0.15, -0.1) is 0 Å². The SMILES string of the molecule is CNc1ccc(C(=O)Nc2cc(C(F)(F)F)n(C)n2)c(NC2CC3(CC(NC(=O)CN4CCN(c5ccc(Nc6ncc7c(C)c(C(C)=O)c(=O)n(C8CCCC8)c7n6)nc5)CC4)C3)C2)n1. The van der Waals surface area contributed by atoms with E-state index in [4.69, 9.17) is 4.98 Å². The van der Waals surface area contributed by atoms with Crippen LogP contribution < -0.4 is 37.0 Å². The number of hydrogen-bond acceptors (Lipinski definition) is 14. The van der Waals surface area contributed by atoms with E-state index in [1.807, 2.05) is 12.1 Å². The van der Waals surface area contributed by atoms with Crippen LogP contribution in [0.1, 0.15) is 96.3 Å². The van der Waals surface area contributed by atoms with Crippen LogP contribution in [0.4, 0.5) is 48.1 Å². The average Bonchev–Trinajstić information content (AvgIpc) is 3.92. The summed E-state index contributed by atoms with van der Waals surface area (Å²) in [7, 11) is 2.87. The quantitative estimate of drug-likeness (QED) is 0.0904. The Balaban J connectivity index is 0.726. The molecule has 0 bridgehead atoms. The number of nitrogens with one attached hydrogen (secondary N) is 5. The maximum absolute atomic E-state index is 13.6. The molecule has 3 saturated carbocycles. The van der Waals surface area contributed by atoms with Crippen LogP contribution in [0.5, 0.6) is 0 Å². The molecule has 21 heteroatoms. The van der Waals surface area contributed by atoms with Crippen molar-refractivity contribution in [2.24, 2.45) is 12.5 Å². The average molecular weight is 911 g/mol. The van der Waals surface area contributed by atoms with Gasteiger partial charge in [0.05, 0.1) is 29.6 Å². The molecule has 1 spiro atoms. The van der Waals surface area contributed by atoms with Gasteiger partial charge in [0, 0.05) is 76.0 Å². The molecule has 4 aliphatic rings. The van der Waals surface area contributed by atoms with E-state index in [0.29, 0.717) is 64.3 Å². The number of Topliss-reactive ketones (excluding diaryl/α,β-unsaturated/α-hetero) is 1. The maximum atomic E-state index is 13.6. The zero-order chi connectivity index (χ0) is 46.5. The van der Waals surface area contributed by atoms with Gasteiger partial charge in [-0.3, -0.25) is 33.3 Å². The first-order valence-corrected chi connectivity index (χ1v) is 22.4. The van der Waals surface area contributed by atoms with Crippen molar-refractivity contribution in [3.05, 3.63) is 75.5 Å². The van der Waals surface area contributed by atoms with E-state index in [2.05, 4.69) is 56.4 Å². The Morgan fingerprint density at radius 3 is 2.26 bits per heavy atom. The van der Waals surface area contributed by atoms with Gasteiger partial charge in [0.15, 0.2) is 11.6 Å². The molecule has 348 valence electrons. The van der Waals surface area contributed by atoms with Crippen LogP contribution in [0.15, 0.2) is 47.5 Å². The second-order valence-electron chi connectivity index (χ2n) is 18.1. The normalized spacial score (nSPS) is 21.0. The second-order valence-corrected chi connectivity index (χ2v) is 18.1. The van der Waals surface area contributed by atoms with Gasteiger partial charge in [-0.2, -0.15) is 23.3 Å². The third-order valence-electron chi connectivity index (χ3n) is 13.6. The van der Waals surface area contributed by atoms with Gasteiger partial charge in [0.25, 0.3) is 11.5 Å². The fourth-order valence-electron chi connectivity index (χ4n) is 10.3. The van der Waals surface area contributed by atoms with E-state index >= 15 is 0 Å². The number of aromatic nitrogens is 7. The van der Waals surface area contributed by atoms with Crippen molar-refractivity contribution < 1.29 is 27.6 Å². The van der Waals surface area contributed by atoms with E-state index < -0.39 is 17.8 Å². The summed E-state index contributed by atoms with van der Waals surface area (Å²) in [4.78, 5) is 75.2. The minimum atomic E-state index is -4.61. The molecule has 1 saturated heterocycles. The number of aryl methyl sites for hydroxylation is 2. The van der Waals surface area contributed by atoms with Crippen LogP contribution in [0, 0.1) is 12.3 Å². The van der Waals surface area contributed by atoms with Gasteiger partial charge in [0.2, 0.25) is 11.9 Å². The molecular formula is C45H53F3N14O4. The number of rotatable bonds is 13. The van der Waals surface area contributed by atoms with Crippen LogP contribution in [0.25, 0.3) is 11.0 Å². The molecule has 4 fully saturated rings. The highest BCUT2D eigenvalue weighted by atomic mass is 19.4. The number of ketones is 1. The number of fused-ring (bicyclic) bond motifs is 1. The molecule has 2 amide bonds. The first-order valence-electron chi connectivity index (χ1n) is 22.4. The Hall–Kier alpha value is -6.64. The van der Waals surface area contributed by atoms with Gasteiger partial charge >= 0.3 is 6.18 Å². The lowest BCUT2D eigenvalue weighted by Gasteiger charge is -2.58. The molecule has 3 aliphatic carbocycles. The summed E-state index contributed by atoms with van der Waals surface area (Å²) < 4.78 is 42.2. The molecule has 6 heterocycles. The summed E-state index contributed by atoms with van der Waals surface area (Å²) in [6.45, 7) is 6.40. The predicted octanol–water partition coefficient (Wildman–Crippen LogP) is 5.66. The first kappa shape index (κ1) is 44.6. The minimum Gasteiger partial charge on any atom is -0.373 e. The number of hydrogen-bond donors (Lipinski definition) is 5. The molecule has 18 nitrogen and oxygen atoms in total. The van der Waals surface area contributed by atoms with Crippen molar-refractivity contribution >= 4 is 63.5 Å². The number of carbonyl (C=O) groups is 3. The lowest BCUT2D eigenvalue weighted by atomic mass is 9.52. The predicted molar refractivity (Wildman–Crippen MR) is 242 cm³/mol. The number of amides is 2. The number of anilines is 6. The summed E-state index contributed by atoms with van der Waals surface area (Å²) in [5, 5.41) is 19.7. The lowest BCUT2D eigenvalue weighted by molar-refractivity contribution is -0.143. The number of halogens is 3. The Labute approximate surface area is 378 Å². The monoisotopic (exact) mass is 910 g/mol. The molecule has 0 radical (unpaired) electrons. The van der Waals surface area contributed by atoms with Crippen molar-refractivity contribution in [2.75, 3.05) is 65.9 Å². The summed E-state index contributed by atoms with van der Waals surface area (Å²) in [6, 6.07) is 7.93. The van der Waals surface area contributed by atoms with Gasteiger partial charge in [-0.1, -0.05) is 12.8 Å². The number of nitrogens with zero attached hydrogens (tertiary/aromatic N) is 9. The van der Waals surface area contributed by atoms with Crippen LogP contribution >= 0.6 is 0 Å². The Morgan fingerprint density at radius 1 is 0.894 bits per heavy atom. The largest absolute Gasteiger partial charge is 0.433 e. The number of carbonyl (C=O) groups excluding carboxylic acids is 3. The third-order valence-corrected chi connectivity index (χ3v) is 13.6. The second kappa shape index (κ2) is 17.6. The van der Waals surface area contributed by atoms with Crippen LogP contribution in [-0.2, 0) is 18.0 Å². The molecular weight excluding hydrogens is 858 g/mol. The molecule has 5 aromatic rings. The standard InChI is InChI=1S/C45H53F3N14O4/c1-25-32-23-51-43(57-40(32)62(29-7-5-6-8-29)42(66)38(25)26(2)63)56-35-11-9-30(22-50-35)61-15-13-60(14-16-61)24-37(64)52-27-18-44(19-27)20-28(21-44)53-39-31(10-12-34(49-3)54-39)41(65)55-36-17-33(45(46,47)48)59(4)58-36/h9-12,17,22-23,27-29H,5-8,13-16,18-21,24H2,1-4H3,(H,52,64)(H2,49,53,54)(H,55,58,65)(H,50,51,56,57). The van der Waals surface area contributed by atoms with Crippen molar-refractivity contribution in [2.45, 2.75) is 89.5 Å². The zero-order valence-electron chi connectivity index (χ0n) is 37.3. The van der Waals surface area contributed by atoms with Crippen LogP contribution in [0.3, 0.4) is 0 Å². The fraction of sp³-hybridized carbons (Fsp3) is 0.489. The summed E-state index contributed by atoms with van der Waals surface area (Å²) in [5.41, 5.74) is 1.25. The summed E-state index contributed by atoms with van der Waals surface area (Å²) in [5.74, 6) is 0.597. The van der Waals surface area contributed by atoms with Gasteiger partial charge < -0.3 is 31.5 Å². The summed E-state index contributed by atoms with van der Waals surface area (Å²) in [6.07, 6.45) is 5.99. The van der Waals surface area contributed by atoms with Crippen molar-refractivity contribution in [3.8, 4) is 0 Å². The number of pyridine rings is 3. The van der Waals surface area contributed by atoms with Gasteiger partial charge in [-0.05, 0) is 87.6 Å². The van der Waals surface area contributed by atoms with E-state index in [1.54, 1.807) is 43.1 Å². The maximum Gasteiger partial charge on any atom is 0.433 e. The highest BCUT2D eigenvalue weighted by Crippen LogP contribution is 2.56. The third kappa shape index (κ3) is 8.99. The molecule has 0 unspecified atom stereocenters. The molecule has 5 N–H and O–H groups in total. The highest BCUT2D eigenvalue weighted by Gasteiger charge is 2.53. The van der Waals surface area contributed by atoms with Gasteiger partial charge in [-0.25, -0.2) is 15.0 Å². The summed E-state index contributed by atoms with van der Waals surface area (Å²) >= 11 is 0. The smallest absolute Gasteiger partial charge is 0.373 e. The minimum absolute atomic E-state index is 0.000936. The van der Waals surface area contributed by atoms with E-state index in [9.17, 15) is 32.3 Å². The lowest BCUT2D eigenvalue weighted by Crippen LogP contribution is -2.60. The van der Waals surface area contributed by atoms with Crippen LogP contribution in [-0.4, -0.2) is 109 Å². The zero-order valence-corrected chi connectivity index (χ0v) is 37.3. The topological polar surface area (TPSA) is 209 Å². The molecule has 0 atom stereocenters. The van der Waals surface area contributed by atoms with E-state index in [1.165, 1.54) is 6.92 Å². The molecule has 1 aliphatic heterocycles. The van der Waals surface area contributed by atoms with Crippen molar-refractivity contribution in [1.29, 1.82) is 0 Å².